The van der Waals surface area contributed by atoms with Gasteiger partial charge in [-0.15, -0.1) is 0 Å². The summed E-state index contributed by atoms with van der Waals surface area (Å²) in [6.45, 7) is 2.05. The average Bonchev–Trinajstić information content (AvgIpc) is 2.81. The van der Waals surface area contributed by atoms with Crippen molar-refractivity contribution in [2.24, 2.45) is 5.73 Å². The van der Waals surface area contributed by atoms with Crippen LogP contribution in [0.15, 0.2) is 24.3 Å². The van der Waals surface area contributed by atoms with Gasteiger partial charge in [0.2, 0.25) is 5.91 Å². The van der Waals surface area contributed by atoms with Gasteiger partial charge in [-0.3, -0.25) is 4.79 Å². The summed E-state index contributed by atoms with van der Waals surface area (Å²) in [5.74, 6) is 0.0681. The highest BCUT2D eigenvalue weighted by Crippen LogP contribution is 2.34. The molecule has 0 spiro atoms. The summed E-state index contributed by atoms with van der Waals surface area (Å²) in [4.78, 5) is 14.1. The number of hydrogen-bond donors (Lipinski definition) is 1. The van der Waals surface area contributed by atoms with E-state index in [1.807, 2.05) is 18.0 Å². The molecule has 98 valence electrons. The summed E-state index contributed by atoms with van der Waals surface area (Å²) < 4.78 is 0. The van der Waals surface area contributed by atoms with E-state index in [2.05, 4.69) is 25.1 Å². The number of amides is 1. The van der Waals surface area contributed by atoms with Crippen LogP contribution in [0.3, 0.4) is 0 Å². The summed E-state index contributed by atoms with van der Waals surface area (Å²) in [5, 5.41) is 0. The van der Waals surface area contributed by atoms with Crippen LogP contribution in [0, 0.1) is 0 Å². The minimum absolute atomic E-state index is 0.0681. The number of nitrogens with zero attached hydrogens (tertiary/aromatic N) is 1. The fraction of sp³-hybridized carbons (Fsp3) is 0.533. The van der Waals surface area contributed by atoms with E-state index in [0.29, 0.717) is 0 Å². The third-order valence-electron chi connectivity index (χ3n) is 3.83. The maximum Gasteiger partial charge on any atom is 0.239 e. The monoisotopic (exact) mass is 246 g/mol. The van der Waals surface area contributed by atoms with Gasteiger partial charge in [-0.25, -0.2) is 0 Å². The van der Waals surface area contributed by atoms with E-state index in [9.17, 15) is 4.79 Å². The van der Waals surface area contributed by atoms with Gasteiger partial charge in [0.25, 0.3) is 0 Å². The Morgan fingerprint density at radius 3 is 2.94 bits per heavy atom. The third kappa shape index (κ3) is 2.41. The van der Waals surface area contributed by atoms with Gasteiger partial charge in [0.1, 0.15) is 0 Å². The SMILES string of the molecule is CCCC(N)C(=O)N(C)C1CCc2ccccc21. The van der Waals surface area contributed by atoms with Crippen LogP contribution in [0.5, 0.6) is 0 Å². The number of benzene rings is 1. The lowest BCUT2D eigenvalue weighted by Gasteiger charge is -2.28. The van der Waals surface area contributed by atoms with Crippen LogP contribution in [0.4, 0.5) is 0 Å². The maximum absolute atomic E-state index is 12.2. The zero-order chi connectivity index (χ0) is 13.1. The topological polar surface area (TPSA) is 46.3 Å². The van der Waals surface area contributed by atoms with Gasteiger partial charge in [0.05, 0.1) is 12.1 Å². The molecule has 1 aliphatic carbocycles. The maximum atomic E-state index is 12.2. The molecule has 18 heavy (non-hydrogen) atoms. The predicted octanol–water partition coefficient (Wildman–Crippen LogP) is 2.26. The van der Waals surface area contributed by atoms with Crippen LogP contribution in [-0.4, -0.2) is 23.9 Å². The molecule has 3 nitrogen and oxygen atoms in total. The Morgan fingerprint density at radius 2 is 2.22 bits per heavy atom. The normalized spacial score (nSPS) is 19.4. The minimum Gasteiger partial charge on any atom is -0.337 e. The molecule has 2 N–H and O–H groups in total. The van der Waals surface area contributed by atoms with E-state index in [1.165, 1.54) is 11.1 Å². The van der Waals surface area contributed by atoms with E-state index in [1.54, 1.807) is 0 Å². The number of carbonyl (C=O) groups excluding carboxylic acids is 1. The van der Waals surface area contributed by atoms with E-state index in [0.717, 1.165) is 25.7 Å². The third-order valence-corrected chi connectivity index (χ3v) is 3.83. The first-order valence-corrected chi connectivity index (χ1v) is 6.75. The van der Waals surface area contributed by atoms with E-state index in [-0.39, 0.29) is 18.0 Å². The number of nitrogens with two attached hydrogens (primary N) is 1. The van der Waals surface area contributed by atoms with Crippen molar-refractivity contribution in [2.75, 3.05) is 7.05 Å². The Morgan fingerprint density at radius 1 is 1.50 bits per heavy atom. The molecule has 0 saturated carbocycles. The second-order valence-corrected chi connectivity index (χ2v) is 5.10. The number of carbonyl (C=O) groups is 1. The van der Waals surface area contributed by atoms with Crippen molar-refractivity contribution in [1.82, 2.24) is 4.90 Å². The lowest BCUT2D eigenvalue weighted by molar-refractivity contribution is -0.133. The molecule has 0 heterocycles. The van der Waals surface area contributed by atoms with Gasteiger partial charge in [-0.05, 0) is 30.4 Å². The van der Waals surface area contributed by atoms with Crippen LogP contribution in [0.2, 0.25) is 0 Å². The van der Waals surface area contributed by atoms with E-state index >= 15 is 0 Å². The standard InChI is InChI=1S/C15H22N2O/c1-3-6-13(16)15(18)17(2)14-10-9-11-7-4-5-8-12(11)14/h4-5,7-8,13-14H,3,6,9-10,16H2,1-2H3. The smallest absolute Gasteiger partial charge is 0.239 e. The van der Waals surface area contributed by atoms with Crippen LogP contribution >= 0.6 is 0 Å². The summed E-state index contributed by atoms with van der Waals surface area (Å²) in [7, 11) is 1.88. The van der Waals surface area contributed by atoms with Crippen LogP contribution in [0.1, 0.15) is 43.4 Å². The minimum atomic E-state index is -0.354. The van der Waals surface area contributed by atoms with Crippen molar-refractivity contribution in [3.63, 3.8) is 0 Å². The van der Waals surface area contributed by atoms with Crippen molar-refractivity contribution in [3.8, 4) is 0 Å². The molecule has 1 aliphatic rings. The number of rotatable bonds is 4. The second-order valence-electron chi connectivity index (χ2n) is 5.10. The van der Waals surface area contributed by atoms with Gasteiger partial charge in [0, 0.05) is 7.05 Å². The van der Waals surface area contributed by atoms with Gasteiger partial charge in [-0.1, -0.05) is 37.6 Å². The molecule has 0 saturated heterocycles. The van der Waals surface area contributed by atoms with Crippen molar-refractivity contribution in [1.29, 1.82) is 0 Å². The first kappa shape index (κ1) is 13.1. The first-order valence-electron chi connectivity index (χ1n) is 6.75. The number of hydrogen-bond acceptors (Lipinski definition) is 2. The molecule has 2 atom stereocenters. The van der Waals surface area contributed by atoms with Gasteiger partial charge in [0.15, 0.2) is 0 Å². The van der Waals surface area contributed by atoms with E-state index in [4.69, 9.17) is 5.73 Å². The molecule has 0 bridgehead atoms. The van der Waals surface area contributed by atoms with Gasteiger partial charge in [-0.2, -0.15) is 0 Å². The van der Waals surface area contributed by atoms with Crippen molar-refractivity contribution in [3.05, 3.63) is 35.4 Å². The van der Waals surface area contributed by atoms with Crippen LogP contribution < -0.4 is 5.73 Å². The Kier molecular flexibility index (Phi) is 4.02. The summed E-state index contributed by atoms with van der Waals surface area (Å²) in [6, 6.07) is 8.24. The van der Waals surface area contributed by atoms with Crippen LogP contribution in [0.25, 0.3) is 0 Å². The van der Waals surface area contributed by atoms with Crippen molar-refractivity contribution >= 4 is 5.91 Å². The molecule has 3 heteroatoms. The van der Waals surface area contributed by atoms with E-state index < -0.39 is 0 Å². The summed E-state index contributed by atoms with van der Waals surface area (Å²) >= 11 is 0. The molecule has 0 aliphatic heterocycles. The molecule has 1 aromatic rings. The zero-order valence-corrected chi connectivity index (χ0v) is 11.2. The molecule has 2 unspecified atom stereocenters. The van der Waals surface area contributed by atoms with Gasteiger partial charge < -0.3 is 10.6 Å². The Bertz CT molecular complexity index is 430. The molecular formula is C15H22N2O. The Labute approximate surface area is 109 Å². The lowest BCUT2D eigenvalue weighted by atomic mass is 10.1. The highest BCUT2D eigenvalue weighted by atomic mass is 16.2. The highest BCUT2D eigenvalue weighted by molar-refractivity contribution is 5.82. The molecule has 0 fully saturated rings. The largest absolute Gasteiger partial charge is 0.337 e. The fourth-order valence-corrected chi connectivity index (χ4v) is 2.79. The molecule has 1 aromatic carbocycles. The summed E-state index contributed by atoms with van der Waals surface area (Å²) in [5.41, 5.74) is 8.58. The average molecular weight is 246 g/mol. The lowest BCUT2D eigenvalue weighted by Crippen LogP contribution is -2.42. The molecule has 0 radical (unpaired) electrons. The second kappa shape index (κ2) is 5.53. The highest BCUT2D eigenvalue weighted by Gasteiger charge is 2.30. The van der Waals surface area contributed by atoms with Gasteiger partial charge >= 0.3 is 0 Å². The molecule has 1 amide bonds. The molecule has 0 aromatic heterocycles. The van der Waals surface area contributed by atoms with Crippen molar-refractivity contribution < 1.29 is 4.79 Å². The number of fused-ring (bicyclic) bond motifs is 1. The number of aryl methyl sites for hydroxylation is 1. The van der Waals surface area contributed by atoms with Crippen molar-refractivity contribution in [2.45, 2.75) is 44.7 Å². The Hall–Kier alpha value is -1.35. The quantitative estimate of drug-likeness (QED) is 0.885. The first-order chi connectivity index (χ1) is 8.65. The summed E-state index contributed by atoms with van der Waals surface area (Å²) in [6.07, 6.45) is 3.78. The molecule has 2 rings (SSSR count). The predicted molar refractivity (Wildman–Crippen MR) is 73.2 cm³/mol. The van der Waals surface area contributed by atoms with Crippen LogP contribution in [-0.2, 0) is 11.2 Å². The zero-order valence-electron chi connectivity index (χ0n) is 11.2. The fourth-order valence-electron chi connectivity index (χ4n) is 2.79. The number of likely N-dealkylation sites (N-methyl/N-ethyl adjacent to an activating group) is 1. The molecular weight excluding hydrogens is 224 g/mol. The Balaban J connectivity index is 2.11.